The summed E-state index contributed by atoms with van der Waals surface area (Å²) in [6.07, 6.45) is 1.18. The lowest BCUT2D eigenvalue weighted by molar-refractivity contribution is -0.119. The van der Waals surface area contributed by atoms with E-state index in [9.17, 15) is 13.6 Å². The second-order valence-electron chi connectivity index (χ2n) is 4.36. The minimum absolute atomic E-state index is 0.00678. The summed E-state index contributed by atoms with van der Waals surface area (Å²) in [5, 5.41) is 8.26. The molecule has 2 rings (SSSR count). The first-order chi connectivity index (χ1) is 9.10. The van der Waals surface area contributed by atoms with Gasteiger partial charge in [-0.15, -0.1) is 0 Å². The van der Waals surface area contributed by atoms with Crippen LogP contribution in [-0.2, 0) is 4.79 Å². The fourth-order valence-corrected chi connectivity index (χ4v) is 1.93. The van der Waals surface area contributed by atoms with Gasteiger partial charge in [0.1, 0.15) is 0 Å². The van der Waals surface area contributed by atoms with Crippen molar-refractivity contribution >= 4 is 17.5 Å². The van der Waals surface area contributed by atoms with Crippen LogP contribution in [0, 0.1) is 11.6 Å². The second kappa shape index (κ2) is 5.81. The summed E-state index contributed by atoms with van der Waals surface area (Å²) in [6.45, 7) is 2.66. The molecule has 5 nitrogen and oxygen atoms in total. The zero-order chi connectivity index (χ0) is 13.8. The van der Waals surface area contributed by atoms with Gasteiger partial charge in [-0.1, -0.05) is 0 Å². The van der Waals surface area contributed by atoms with Crippen molar-refractivity contribution in [3.05, 3.63) is 17.7 Å². The van der Waals surface area contributed by atoms with Crippen molar-refractivity contribution in [2.45, 2.75) is 25.8 Å². The molecular weight excluding hydrogens is 254 g/mol. The normalized spacial score (nSPS) is 18.3. The minimum Gasteiger partial charge on any atom is -0.368 e. The van der Waals surface area contributed by atoms with E-state index in [1.54, 1.807) is 6.92 Å². The quantitative estimate of drug-likeness (QED) is 0.758. The number of hydrogen-bond acceptors (Lipinski definition) is 4. The molecule has 1 aromatic rings. The molecule has 104 valence electrons. The molecule has 2 heterocycles. The molecule has 0 bridgehead atoms. The maximum Gasteiger partial charge on any atom is 0.220 e. The van der Waals surface area contributed by atoms with Crippen molar-refractivity contribution in [1.29, 1.82) is 0 Å². The average molecular weight is 270 g/mol. The molecule has 1 atom stereocenters. The number of pyridine rings is 1. The third-order valence-electron chi connectivity index (χ3n) is 2.87. The largest absolute Gasteiger partial charge is 0.368 e. The summed E-state index contributed by atoms with van der Waals surface area (Å²) in [5.41, 5.74) is 0. The molecule has 3 N–H and O–H groups in total. The first kappa shape index (κ1) is 13.5. The van der Waals surface area contributed by atoms with Gasteiger partial charge < -0.3 is 16.0 Å². The fourth-order valence-electron chi connectivity index (χ4n) is 1.93. The molecular formula is C12H16F2N4O. The third-order valence-corrected chi connectivity index (χ3v) is 2.87. The Balaban J connectivity index is 2.02. The van der Waals surface area contributed by atoms with Crippen LogP contribution in [0.4, 0.5) is 20.4 Å². The summed E-state index contributed by atoms with van der Waals surface area (Å²) in [4.78, 5) is 14.9. The number of nitrogens with one attached hydrogen (secondary N) is 3. The Hall–Kier alpha value is -1.92. The number of anilines is 2. The van der Waals surface area contributed by atoms with Crippen LogP contribution >= 0.6 is 0 Å². The van der Waals surface area contributed by atoms with Gasteiger partial charge in [0.25, 0.3) is 0 Å². The van der Waals surface area contributed by atoms with Gasteiger partial charge >= 0.3 is 0 Å². The van der Waals surface area contributed by atoms with Crippen molar-refractivity contribution in [2.75, 3.05) is 23.7 Å². The van der Waals surface area contributed by atoms with Crippen LogP contribution in [0.15, 0.2) is 6.07 Å². The van der Waals surface area contributed by atoms with Gasteiger partial charge in [0.15, 0.2) is 23.3 Å². The van der Waals surface area contributed by atoms with Crippen LogP contribution in [0.5, 0.6) is 0 Å². The molecule has 0 saturated carbocycles. The van der Waals surface area contributed by atoms with Gasteiger partial charge in [-0.05, 0) is 13.3 Å². The van der Waals surface area contributed by atoms with E-state index in [-0.39, 0.29) is 23.6 Å². The molecule has 0 aromatic carbocycles. The first-order valence-corrected chi connectivity index (χ1v) is 6.23. The zero-order valence-corrected chi connectivity index (χ0v) is 10.6. The smallest absolute Gasteiger partial charge is 0.220 e. The molecule has 0 spiro atoms. The topological polar surface area (TPSA) is 66.0 Å². The molecule has 1 aromatic heterocycles. The van der Waals surface area contributed by atoms with E-state index < -0.39 is 11.6 Å². The highest BCUT2D eigenvalue weighted by Crippen LogP contribution is 2.19. The molecule has 19 heavy (non-hydrogen) atoms. The van der Waals surface area contributed by atoms with Gasteiger partial charge in [-0.25, -0.2) is 13.8 Å². The molecule has 1 saturated heterocycles. The number of carbonyl (C=O) groups is 1. The van der Waals surface area contributed by atoms with E-state index >= 15 is 0 Å². The van der Waals surface area contributed by atoms with E-state index in [4.69, 9.17) is 0 Å². The highest BCUT2D eigenvalue weighted by molar-refractivity contribution is 5.78. The maximum atomic E-state index is 13.5. The number of halogens is 2. The molecule has 7 heteroatoms. The van der Waals surface area contributed by atoms with Gasteiger partial charge in [0.05, 0.1) is 0 Å². The van der Waals surface area contributed by atoms with E-state index in [0.29, 0.717) is 25.9 Å². The van der Waals surface area contributed by atoms with E-state index in [1.165, 1.54) is 0 Å². The highest BCUT2D eigenvalue weighted by atomic mass is 19.1. The standard InChI is InChI=1S/C12H16F2N4O/c1-2-15-11-8(13)5-9(14)12(18-11)16-6-7-3-4-10(19)17-7/h5,7H,2-4,6H2,1H3,(H,17,19)(H2,15,16,18). The highest BCUT2D eigenvalue weighted by Gasteiger charge is 2.21. The lowest BCUT2D eigenvalue weighted by Gasteiger charge is -2.13. The van der Waals surface area contributed by atoms with Crippen LogP contribution < -0.4 is 16.0 Å². The summed E-state index contributed by atoms with van der Waals surface area (Å²) < 4.78 is 26.9. The van der Waals surface area contributed by atoms with Gasteiger partial charge in [-0.3, -0.25) is 4.79 Å². The molecule has 1 unspecified atom stereocenters. The summed E-state index contributed by atoms with van der Waals surface area (Å²) in [5.74, 6) is -1.48. The van der Waals surface area contributed by atoms with Crippen LogP contribution in [-0.4, -0.2) is 30.0 Å². The second-order valence-corrected chi connectivity index (χ2v) is 4.36. The van der Waals surface area contributed by atoms with E-state index in [0.717, 1.165) is 6.07 Å². The number of aromatic nitrogens is 1. The SMILES string of the molecule is CCNc1nc(NCC2CCC(=O)N2)c(F)cc1F. The van der Waals surface area contributed by atoms with Crippen LogP contribution in [0.25, 0.3) is 0 Å². The average Bonchev–Trinajstić information content (AvgIpc) is 2.77. The zero-order valence-electron chi connectivity index (χ0n) is 10.6. The fraction of sp³-hybridized carbons (Fsp3) is 0.500. The Morgan fingerprint density at radius 1 is 1.37 bits per heavy atom. The molecule has 1 amide bonds. The minimum atomic E-state index is -0.747. The third kappa shape index (κ3) is 3.30. The molecule has 0 aliphatic carbocycles. The maximum absolute atomic E-state index is 13.5. The number of amides is 1. The predicted molar refractivity (Wildman–Crippen MR) is 68.0 cm³/mol. The molecule has 1 aliphatic heterocycles. The van der Waals surface area contributed by atoms with Crippen LogP contribution in [0.1, 0.15) is 19.8 Å². The number of rotatable bonds is 5. The van der Waals surface area contributed by atoms with E-state index in [2.05, 4.69) is 20.9 Å². The summed E-state index contributed by atoms with van der Waals surface area (Å²) in [6, 6.07) is 0.752. The number of nitrogens with zero attached hydrogens (tertiary/aromatic N) is 1. The monoisotopic (exact) mass is 270 g/mol. The molecule has 1 fully saturated rings. The summed E-state index contributed by atoms with van der Waals surface area (Å²) in [7, 11) is 0. The molecule has 1 aliphatic rings. The van der Waals surface area contributed by atoms with Crippen LogP contribution in [0.3, 0.4) is 0 Å². The van der Waals surface area contributed by atoms with Crippen molar-refractivity contribution in [3.8, 4) is 0 Å². The Morgan fingerprint density at radius 2 is 2.05 bits per heavy atom. The van der Waals surface area contributed by atoms with Crippen molar-refractivity contribution in [3.63, 3.8) is 0 Å². The van der Waals surface area contributed by atoms with Crippen molar-refractivity contribution < 1.29 is 13.6 Å². The predicted octanol–water partition coefficient (Wildman–Crippen LogP) is 1.48. The Kier molecular flexibility index (Phi) is 4.13. The Bertz CT molecular complexity index is 481. The van der Waals surface area contributed by atoms with Gasteiger partial charge in [0.2, 0.25) is 5.91 Å². The number of carbonyl (C=O) groups excluding carboxylic acids is 1. The first-order valence-electron chi connectivity index (χ1n) is 6.23. The molecule has 0 radical (unpaired) electrons. The van der Waals surface area contributed by atoms with Crippen molar-refractivity contribution in [1.82, 2.24) is 10.3 Å². The Labute approximate surface area is 109 Å². The lowest BCUT2D eigenvalue weighted by Crippen LogP contribution is -2.32. The van der Waals surface area contributed by atoms with E-state index in [1.807, 2.05) is 0 Å². The number of hydrogen-bond donors (Lipinski definition) is 3. The van der Waals surface area contributed by atoms with Crippen molar-refractivity contribution in [2.24, 2.45) is 0 Å². The van der Waals surface area contributed by atoms with Crippen LogP contribution in [0.2, 0.25) is 0 Å². The lowest BCUT2D eigenvalue weighted by atomic mass is 10.2. The van der Waals surface area contributed by atoms with Gasteiger partial charge in [0, 0.05) is 31.6 Å². The summed E-state index contributed by atoms with van der Waals surface area (Å²) >= 11 is 0. The van der Waals surface area contributed by atoms with Gasteiger partial charge in [-0.2, -0.15) is 0 Å². The Morgan fingerprint density at radius 3 is 2.63 bits per heavy atom.